The molecule has 0 aromatic heterocycles. The maximum absolute atomic E-state index is 14.9. The van der Waals surface area contributed by atoms with Crippen molar-refractivity contribution in [2.45, 2.75) is 179 Å². The summed E-state index contributed by atoms with van der Waals surface area (Å²) < 4.78 is 25.9. The third-order valence-electron chi connectivity index (χ3n) is 13.2. The van der Waals surface area contributed by atoms with Crippen molar-refractivity contribution in [2.24, 2.45) is 22.7 Å². The number of hydrogen-bond donors (Lipinski definition) is 4. The number of ketones is 1. The summed E-state index contributed by atoms with van der Waals surface area (Å²) in [6.45, 7) is 13.6. The van der Waals surface area contributed by atoms with E-state index in [0.717, 1.165) is 70.6 Å². The van der Waals surface area contributed by atoms with E-state index < -0.39 is 67.3 Å². The number of carbonyl (C=O) groups excluding carboxylic acids is 5. The minimum Gasteiger partial charge on any atom is -0.347 e. The number of Topliss-reactive ketones (excluding diaryl/α,β-unsaturated/α-hetero) is 1. The molecule has 1 saturated heterocycles. The highest BCUT2D eigenvalue weighted by Gasteiger charge is 2.70. The minimum absolute atomic E-state index is 0.00797. The third kappa shape index (κ3) is 8.65. The first-order valence-corrected chi connectivity index (χ1v) is 21.7. The van der Waals surface area contributed by atoms with Crippen molar-refractivity contribution in [1.29, 1.82) is 0 Å². The number of likely N-dealkylation sites (tertiary alicyclic amines) is 1. The molecular formula is C39H65N5O7S. The molecule has 1 heterocycles. The molecule has 5 aliphatic rings. The van der Waals surface area contributed by atoms with Gasteiger partial charge in [0, 0.05) is 12.6 Å². The molecule has 13 heteroatoms. The standard InChI is InChI=1S/C39H65N5O7S/c1-8-9-16-27(30(45)33(47)40-25-17-18-25)41-32(46)29-28-26(37(28,5)6)23-44(29)34(48)31(38(7)19-12-10-13-20-38)42-35(49)43-39(21-14-11-15-22-39)24-52(50,51)36(2,3)4/h25-29,31H,8-24H2,1-7H3,(H,40,47)(H,41,46)(H2,42,43,49)/t26?,27-,28-,29-,31+/m0/s1. The highest BCUT2D eigenvalue weighted by atomic mass is 32.2. The summed E-state index contributed by atoms with van der Waals surface area (Å²) in [5.74, 6) is -2.32. The zero-order chi connectivity index (χ0) is 38.3. The maximum atomic E-state index is 14.9. The molecule has 0 bridgehead atoms. The Bertz CT molecular complexity index is 1490. The molecule has 5 rings (SSSR count). The summed E-state index contributed by atoms with van der Waals surface area (Å²) in [5, 5.41) is 11.8. The SMILES string of the molecule is CCCC[C@H](NC(=O)[C@@H]1[C@@H]2C(CN1C(=O)[C@@H](NC(=O)NC1(CS(=O)(=O)C(C)(C)C)CCCCC1)C1(C)CCCCC1)C2(C)C)C(=O)C(=O)NC1CC1. The molecule has 4 N–H and O–H groups in total. The quantitative estimate of drug-likeness (QED) is 0.189. The first kappa shape index (κ1) is 40.5. The smallest absolute Gasteiger partial charge is 0.315 e. The lowest BCUT2D eigenvalue weighted by Crippen LogP contribution is -2.65. The van der Waals surface area contributed by atoms with Crippen molar-refractivity contribution < 1.29 is 32.4 Å². The summed E-state index contributed by atoms with van der Waals surface area (Å²) in [5.41, 5.74) is -1.71. The van der Waals surface area contributed by atoms with Crippen molar-refractivity contribution in [2.75, 3.05) is 12.3 Å². The van der Waals surface area contributed by atoms with Gasteiger partial charge in [0.25, 0.3) is 5.91 Å². The van der Waals surface area contributed by atoms with Crippen LogP contribution in [0.1, 0.15) is 145 Å². The average molecular weight is 748 g/mol. The monoisotopic (exact) mass is 747 g/mol. The lowest BCUT2D eigenvalue weighted by Gasteiger charge is -2.44. The van der Waals surface area contributed by atoms with Crippen LogP contribution in [0.2, 0.25) is 0 Å². The Kier molecular flexibility index (Phi) is 11.8. The summed E-state index contributed by atoms with van der Waals surface area (Å²) >= 11 is 0. The summed E-state index contributed by atoms with van der Waals surface area (Å²) in [7, 11) is -3.56. The maximum Gasteiger partial charge on any atom is 0.315 e. The van der Waals surface area contributed by atoms with Gasteiger partial charge in [-0.25, -0.2) is 13.2 Å². The Balaban J connectivity index is 1.39. The molecular weight excluding hydrogens is 683 g/mol. The zero-order valence-electron chi connectivity index (χ0n) is 32.7. The fraction of sp³-hybridized carbons (Fsp3) is 0.872. The second kappa shape index (κ2) is 15.2. The third-order valence-corrected chi connectivity index (χ3v) is 16.0. The molecule has 5 fully saturated rings. The second-order valence-electron chi connectivity index (χ2n) is 18.7. The topological polar surface area (TPSA) is 171 Å². The van der Waals surface area contributed by atoms with E-state index in [9.17, 15) is 32.4 Å². The van der Waals surface area contributed by atoms with E-state index in [4.69, 9.17) is 0 Å². The fourth-order valence-corrected chi connectivity index (χ4v) is 10.8. The number of rotatable bonds is 14. The number of piperidine rings is 1. The zero-order valence-corrected chi connectivity index (χ0v) is 33.5. The molecule has 4 saturated carbocycles. The van der Waals surface area contributed by atoms with Crippen LogP contribution in [0.3, 0.4) is 0 Å². The fourth-order valence-electron chi connectivity index (χ4n) is 9.26. The van der Waals surface area contributed by atoms with Crippen LogP contribution in [0.4, 0.5) is 4.79 Å². The largest absolute Gasteiger partial charge is 0.347 e. The number of nitrogens with zero attached hydrogens (tertiary/aromatic N) is 1. The van der Waals surface area contributed by atoms with Gasteiger partial charge < -0.3 is 26.2 Å². The van der Waals surface area contributed by atoms with Crippen molar-refractivity contribution in [3.8, 4) is 0 Å². The number of sulfone groups is 1. The molecule has 52 heavy (non-hydrogen) atoms. The predicted octanol–water partition coefficient (Wildman–Crippen LogP) is 4.55. The summed E-state index contributed by atoms with van der Waals surface area (Å²) in [6, 6.07) is -3.33. The number of amides is 5. The molecule has 12 nitrogen and oxygen atoms in total. The van der Waals surface area contributed by atoms with Gasteiger partial charge in [-0.1, -0.05) is 79.1 Å². The van der Waals surface area contributed by atoms with Gasteiger partial charge in [0.1, 0.15) is 12.1 Å². The molecule has 0 radical (unpaired) electrons. The first-order valence-electron chi connectivity index (χ1n) is 20.0. The van der Waals surface area contributed by atoms with Crippen molar-refractivity contribution in [3.05, 3.63) is 0 Å². The van der Waals surface area contributed by atoms with Crippen molar-refractivity contribution in [1.82, 2.24) is 26.2 Å². The van der Waals surface area contributed by atoms with E-state index in [1.54, 1.807) is 25.7 Å². The number of unbranched alkanes of at least 4 members (excludes halogenated alkanes) is 1. The average Bonchev–Trinajstić information content (AvgIpc) is 3.92. The Hall–Kier alpha value is -2.70. The van der Waals surface area contributed by atoms with E-state index in [-0.39, 0.29) is 35.0 Å². The van der Waals surface area contributed by atoms with Gasteiger partial charge in [0.15, 0.2) is 9.84 Å². The summed E-state index contributed by atoms with van der Waals surface area (Å²) in [4.78, 5) is 71.0. The normalized spacial score (nSPS) is 27.4. The Morgan fingerprint density at radius 1 is 0.865 bits per heavy atom. The Morgan fingerprint density at radius 3 is 2.02 bits per heavy atom. The minimum atomic E-state index is -3.56. The molecule has 0 aromatic rings. The van der Waals surface area contributed by atoms with Crippen LogP contribution in [0.15, 0.2) is 0 Å². The summed E-state index contributed by atoms with van der Waals surface area (Å²) in [6.07, 6.45) is 11.4. The predicted molar refractivity (Wildman–Crippen MR) is 200 cm³/mol. The van der Waals surface area contributed by atoms with E-state index >= 15 is 0 Å². The second-order valence-corrected chi connectivity index (χ2v) is 21.4. The van der Waals surface area contributed by atoms with E-state index in [1.165, 1.54) is 0 Å². The van der Waals surface area contributed by atoms with Crippen LogP contribution < -0.4 is 21.3 Å². The van der Waals surface area contributed by atoms with Crippen LogP contribution in [0, 0.1) is 22.7 Å². The van der Waals surface area contributed by atoms with Gasteiger partial charge in [-0.15, -0.1) is 0 Å². The van der Waals surface area contributed by atoms with Crippen LogP contribution in [-0.4, -0.2) is 89.6 Å². The molecule has 1 aliphatic heterocycles. The van der Waals surface area contributed by atoms with Crippen LogP contribution >= 0.6 is 0 Å². The number of carbonyl (C=O) groups is 5. The molecule has 4 aliphatic carbocycles. The van der Waals surface area contributed by atoms with Gasteiger partial charge in [0.2, 0.25) is 17.6 Å². The van der Waals surface area contributed by atoms with Gasteiger partial charge in [-0.2, -0.15) is 0 Å². The number of nitrogens with one attached hydrogen (secondary N) is 4. The molecule has 0 aromatic carbocycles. The van der Waals surface area contributed by atoms with Gasteiger partial charge in [-0.05, 0) is 88.4 Å². The van der Waals surface area contributed by atoms with Gasteiger partial charge >= 0.3 is 6.03 Å². The van der Waals surface area contributed by atoms with Crippen LogP contribution in [0.5, 0.6) is 0 Å². The molecule has 5 amide bonds. The Labute approximate surface area is 311 Å². The number of hydrogen-bond acceptors (Lipinski definition) is 7. The van der Waals surface area contributed by atoms with Gasteiger partial charge in [-0.3, -0.25) is 19.2 Å². The lowest BCUT2D eigenvalue weighted by molar-refractivity contribution is -0.146. The highest BCUT2D eigenvalue weighted by Crippen LogP contribution is 2.65. The highest BCUT2D eigenvalue weighted by molar-refractivity contribution is 7.92. The van der Waals surface area contributed by atoms with E-state index in [1.807, 2.05) is 13.8 Å². The van der Waals surface area contributed by atoms with Crippen LogP contribution in [0.25, 0.3) is 0 Å². The van der Waals surface area contributed by atoms with Gasteiger partial charge in [0.05, 0.1) is 22.1 Å². The number of urea groups is 1. The molecule has 0 spiro atoms. The first-order chi connectivity index (χ1) is 24.3. The van der Waals surface area contributed by atoms with E-state index in [2.05, 4.69) is 35.1 Å². The van der Waals surface area contributed by atoms with Crippen LogP contribution in [-0.2, 0) is 29.0 Å². The van der Waals surface area contributed by atoms with E-state index in [0.29, 0.717) is 32.2 Å². The lowest BCUT2D eigenvalue weighted by atomic mass is 9.70. The molecule has 5 atom stereocenters. The van der Waals surface area contributed by atoms with Crippen molar-refractivity contribution in [3.63, 3.8) is 0 Å². The molecule has 1 unspecified atom stereocenters. The van der Waals surface area contributed by atoms with Crippen molar-refractivity contribution >= 4 is 39.4 Å². The Morgan fingerprint density at radius 2 is 1.46 bits per heavy atom. The molecule has 294 valence electrons. The number of fused-ring (bicyclic) bond motifs is 1.